The second kappa shape index (κ2) is 7.36. The van der Waals surface area contributed by atoms with Gasteiger partial charge in [-0.15, -0.1) is 0 Å². The Morgan fingerprint density at radius 2 is 2.23 bits per heavy atom. The SMILES string of the molecule is CN(Cc1cc(F)ccc1OCCN)c1ccn2ncc(C(=O)O)c2n1. The fourth-order valence-electron chi connectivity index (χ4n) is 2.54. The summed E-state index contributed by atoms with van der Waals surface area (Å²) < 4.78 is 20.6. The molecule has 2 heterocycles. The third-order valence-corrected chi connectivity index (χ3v) is 3.78. The quantitative estimate of drug-likeness (QED) is 0.659. The van der Waals surface area contributed by atoms with Crippen LogP contribution in [-0.2, 0) is 6.54 Å². The Kier molecular flexibility index (Phi) is 4.99. The Morgan fingerprint density at radius 3 is 2.96 bits per heavy atom. The number of aromatic carboxylic acids is 1. The van der Waals surface area contributed by atoms with E-state index in [4.69, 9.17) is 10.5 Å². The van der Waals surface area contributed by atoms with Crippen LogP contribution in [-0.4, -0.2) is 45.9 Å². The van der Waals surface area contributed by atoms with Gasteiger partial charge >= 0.3 is 5.97 Å². The van der Waals surface area contributed by atoms with Crippen LogP contribution < -0.4 is 15.4 Å². The number of fused-ring (bicyclic) bond motifs is 1. The van der Waals surface area contributed by atoms with E-state index >= 15 is 0 Å². The Labute approximate surface area is 148 Å². The minimum Gasteiger partial charge on any atom is -0.492 e. The minimum absolute atomic E-state index is 0.0120. The summed E-state index contributed by atoms with van der Waals surface area (Å²) in [6.45, 7) is 0.992. The zero-order valence-corrected chi connectivity index (χ0v) is 14.1. The van der Waals surface area contributed by atoms with Crippen LogP contribution in [0.2, 0.25) is 0 Å². The molecule has 0 radical (unpaired) electrons. The van der Waals surface area contributed by atoms with Gasteiger partial charge in [0.1, 0.15) is 29.6 Å². The highest BCUT2D eigenvalue weighted by Gasteiger charge is 2.15. The average molecular weight is 359 g/mol. The summed E-state index contributed by atoms with van der Waals surface area (Å²) in [4.78, 5) is 17.4. The number of benzene rings is 1. The zero-order chi connectivity index (χ0) is 18.7. The topological polar surface area (TPSA) is 106 Å². The van der Waals surface area contributed by atoms with Crippen molar-refractivity contribution in [1.82, 2.24) is 14.6 Å². The summed E-state index contributed by atoms with van der Waals surface area (Å²) in [6.07, 6.45) is 2.87. The van der Waals surface area contributed by atoms with Gasteiger partial charge in [-0.1, -0.05) is 0 Å². The van der Waals surface area contributed by atoms with Gasteiger partial charge in [0.2, 0.25) is 0 Å². The van der Waals surface area contributed by atoms with Crippen molar-refractivity contribution in [1.29, 1.82) is 0 Å². The van der Waals surface area contributed by atoms with E-state index in [-0.39, 0.29) is 17.0 Å². The van der Waals surface area contributed by atoms with Crippen LogP contribution in [0.25, 0.3) is 5.65 Å². The molecule has 3 N–H and O–H groups in total. The van der Waals surface area contributed by atoms with Crippen LogP contribution in [0, 0.1) is 5.82 Å². The van der Waals surface area contributed by atoms with Crippen LogP contribution in [0.5, 0.6) is 5.75 Å². The Bertz CT molecular complexity index is 943. The maximum absolute atomic E-state index is 13.6. The number of hydrogen-bond donors (Lipinski definition) is 2. The number of rotatable bonds is 7. The van der Waals surface area contributed by atoms with E-state index in [1.54, 1.807) is 30.3 Å². The highest BCUT2D eigenvalue weighted by Crippen LogP contribution is 2.23. The molecular weight excluding hydrogens is 341 g/mol. The van der Waals surface area contributed by atoms with Crippen LogP contribution in [0.15, 0.2) is 36.7 Å². The van der Waals surface area contributed by atoms with E-state index in [1.807, 2.05) is 0 Å². The van der Waals surface area contributed by atoms with Gasteiger partial charge in [0.05, 0.1) is 6.20 Å². The number of nitrogens with zero attached hydrogens (tertiary/aromatic N) is 4. The zero-order valence-electron chi connectivity index (χ0n) is 14.1. The van der Waals surface area contributed by atoms with E-state index in [9.17, 15) is 14.3 Å². The number of carboxylic acid groups (broad SMARTS) is 1. The molecule has 8 nitrogen and oxygen atoms in total. The van der Waals surface area contributed by atoms with Crippen molar-refractivity contribution in [3.63, 3.8) is 0 Å². The molecule has 1 aromatic carbocycles. The molecule has 0 unspecified atom stereocenters. The van der Waals surface area contributed by atoms with Crippen LogP contribution in [0.4, 0.5) is 10.2 Å². The fourth-order valence-corrected chi connectivity index (χ4v) is 2.54. The summed E-state index contributed by atoms with van der Waals surface area (Å²) in [5.74, 6) is -0.411. The lowest BCUT2D eigenvalue weighted by Gasteiger charge is -2.20. The van der Waals surface area contributed by atoms with Crippen molar-refractivity contribution in [2.75, 3.05) is 25.1 Å². The summed E-state index contributed by atoms with van der Waals surface area (Å²) in [5, 5.41) is 13.2. The lowest BCUT2D eigenvalue weighted by Crippen LogP contribution is -2.19. The molecule has 0 spiro atoms. The van der Waals surface area contributed by atoms with Crippen LogP contribution in [0.1, 0.15) is 15.9 Å². The second-order valence-electron chi connectivity index (χ2n) is 5.66. The van der Waals surface area contributed by atoms with Crippen LogP contribution >= 0.6 is 0 Å². The van der Waals surface area contributed by atoms with Gasteiger partial charge in [0.25, 0.3) is 0 Å². The lowest BCUT2D eigenvalue weighted by atomic mass is 10.2. The molecule has 3 rings (SSSR count). The van der Waals surface area contributed by atoms with E-state index in [2.05, 4.69) is 10.1 Å². The number of aromatic nitrogens is 3. The van der Waals surface area contributed by atoms with Crippen molar-refractivity contribution in [3.05, 3.63) is 53.6 Å². The molecular formula is C17H18FN5O3. The number of carbonyl (C=O) groups is 1. The highest BCUT2D eigenvalue weighted by molar-refractivity contribution is 5.94. The molecule has 136 valence electrons. The summed E-state index contributed by atoms with van der Waals surface area (Å²) in [7, 11) is 1.77. The number of carboxylic acids is 1. The third-order valence-electron chi connectivity index (χ3n) is 3.78. The molecule has 0 bridgehead atoms. The predicted molar refractivity (Wildman–Crippen MR) is 93.0 cm³/mol. The predicted octanol–water partition coefficient (Wildman–Crippen LogP) is 1.54. The van der Waals surface area contributed by atoms with Crippen molar-refractivity contribution in [2.45, 2.75) is 6.54 Å². The molecule has 0 fully saturated rings. The molecule has 0 atom stereocenters. The Hall–Kier alpha value is -3.20. The normalized spacial score (nSPS) is 10.9. The molecule has 0 saturated heterocycles. The monoisotopic (exact) mass is 359 g/mol. The van der Waals surface area contributed by atoms with Gasteiger partial charge in [-0.3, -0.25) is 0 Å². The molecule has 0 aliphatic heterocycles. The molecule has 0 aliphatic carbocycles. The fraction of sp³-hybridized carbons (Fsp3) is 0.235. The van der Waals surface area contributed by atoms with Crippen molar-refractivity contribution in [2.24, 2.45) is 5.73 Å². The lowest BCUT2D eigenvalue weighted by molar-refractivity contribution is 0.0698. The number of hydrogen-bond acceptors (Lipinski definition) is 6. The van der Waals surface area contributed by atoms with Crippen molar-refractivity contribution >= 4 is 17.4 Å². The summed E-state index contributed by atoms with van der Waals surface area (Å²) in [6, 6.07) is 5.98. The first-order valence-corrected chi connectivity index (χ1v) is 7.89. The van der Waals surface area contributed by atoms with Crippen molar-refractivity contribution < 1.29 is 19.0 Å². The van der Waals surface area contributed by atoms with E-state index in [0.717, 1.165) is 0 Å². The summed E-state index contributed by atoms with van der Waals surface area (Å²) in [5.41, 5.74) is 6.34. The number of ether oxygens (including phenoxy) is 1. The third kappa shape index (κ3) is 3.57. The molecule has 26 heavy (non-hydrogen) atoms. The highest BCUT2D eigenvalue weighted by atomic mass is 19.1. The number of nitrogens with two attached hydrogens (primary N) is 1. The van der Waals surface area contributed by atoms with Gasteiger partial charge in [0, 0.05) is 31.9 Å². The first kappa shape index (κ1) is 17.6. The van der Waals surface area contributed by atoms with Gasteiger partial charge in [0.15, 0.2) is 5.65 Å². The standard InChI is InChI=1S/C17H18FN5O3/c1-22(10-11-8-12(18)2-3-14(11)26-7-5-19)15-4-6-23-16(21-15)13(9-20-23)17(24)25/h2-4,6,8-9H,5,7,10,19H2,1H3,(H,24,25). The largest absolute Gasteiger partial charge is 0.492 e. The van der Waals surface area contributed by atoms with E-state index < -0.39 is 5.97 Å². The first-order valence-electron chi connectivity index (χ1n) is 7.89. The van der Waals surface area contributed by atoms with Gasteiger partial charge in [-0.2, -0.15) is 5.10 Å². The maximum Gasteiger partial charge on any atom is 0.341 e. The Morgan fingerprint density at radius 1 is 1.42 bits per heavy atom. The van der Waals surface area contributed by atoms with Gasteiger partial charge in [-0.25, -0.2) is 18.7 Å². The minimum atomic E-state index is -1.10. The molecule has 0 saturated carbocycles. The smallest absolute Gasteiger partial charge is 0.341 e. The van der Waals surface area contributed by atoms with Crippen molar-refractivity contribution in [3.8, 4) is 5.75 Å². The number of anilines is 1. The maximum atomic E-state index is 13.6. The molecule has 3 aromatic rings. The molecule has 0 amide bonds. The van der Waals surface area contributed by atoms with E-state index in [0.29, 0.717) is 36.8 Å². The molecule has 2 aromatic heterocycles. The van der Waals surface area contributed by atoms with E-state index in [1.165, 1.54) is 22.8 Å². The molecule has 9 heteroatoms. The van der Waals surface area contributed by atoms with Gasteiger partial charge < -0.3 is 20.5 Å². The second-order valence-corrected chi connectivity index (χ2v) is 5.66. The Balaban J connectivity index is 1.89. The molecule has 0 aliphatic rings. The average Bonchev–Trinajstić information content (AvgIpc) is 3.04. The summed E-state index contributed by atoms with van der Waals surface area (Å²) >= 11 is 0. The van der Waals surface area contributed by atoms with Crippen LogP contribution in [0.3, 0.4) is 0 Å². The van der Waals surface area contributed by atoms with Gasteiger partial charge in [-0.05, 0) is 24.3 Å². The first-order chi connectivity index (χ1) is 12.5. The number of halogens is 1.